The van der Waals surface area contributed by atoms with Gasteiger partial charge in [0.25, 0.3) is 0 Å². The van der Waals surface area contributed by atoms with Crippen LogP contribution in [0.25, 0.3) is 0 Å². The molecule has 2 aromatic rings. The molecule has 1 aliphatic heterocycles. The minimum atomic E-state index is -0.0830. The number of halogens is 1. The van der Waals surface area contributed by atoms with Crippen LogP contribution in [0, 0.1) is 0 Å². The molecule has 1 saturated heterocycles. The summed E-state index contributed by atoms with van der Waals surface area (Å²) in [5.74, 6) is 1.83. The molecule has 120 valence electrons. The summed E-state index contributed by atoms with van der Waals surface area (Å²) < 4.78 is 11.7. The van der Waals surface area contributed by atoms with Gasteiger partial charge in [-0.2, -0.15) is 0 Å². The van der Waals surface area contributed by atoms with Crippen molar-refractivity contribution in [3.8, 4) is 11.5 Å². The summed E-state index contributed by atoms with van der Waals surface area (Å²) in [6.07, 6.45) is 0. The SMILES string of the molecule is COc1ccc(N2C(=O)CS[C@H]2c2ccccc2Br)c(OC)c1. The minimum absolute atomic E-state index is 0.0687. The quantitative estimate of drug-likeness (QED) is 0.778. The molecule has 1 heterocycles. The van der Waals surface area contributed by atoms with Gasteiger partial charge in [-0.05, 0) is 23.8 Å². The largest absolute Gasteiger partial charge is 0.497 e. The molecular weight excluding hydrogens is 378 g/mol. The van der Waals surface area contributed by atoms with Crippen molar-refractivity contribution in [1.29, 1.82) is 0 Å². The van der Waals surface area contributed by atoms with E-state index in [1.54, 1.807) is 36.9 Å². The molecule has 0 aliphatic carbocycles. The first-order valence-electron chi connectivity index (χ1n) is 7.06. The van der Waals surface area contributed by atoms with E-state index in [9.17, 15) is 4.79 Å². The average molecular weight is 394 g/mol. The number of amides is 1. The number of hydrogen-bond donors (Lipinski definition) is 0. The van der Waals surface area contributed by atoms with Crippen molar-refractivity contribution in [2.45, 2.75) is 5.37 Å². The normalized spacial score (nSPS) is 17.4. The van der Waals surface area contributed by atoms with Gasteiger partial charge in [0.1, 0.15) is 16.9 Å². The van der Waals surface area contributed by atoms with Crippen LogP contribution in [0.15, 0.2) is 46.9 Å². The molecule has 1 aliphatic rings. The summed E-state index contributed by atoms with van der Waals surface area (Å²) in [5.41, 5.74) is 1.82. The summed E-state index contributed by atoms with van der Waals surface area (Å²) >= 11 is 5.19. The minimum Gasteiger partial charge on any atom is -0.497 e. The lowest BCUT2D eigenvalue weighted by Crippen LogP contribution is -2.28. The molecule has 1 amide bonds. The predicted octanol–water partition coefficient (Wildman–Crippen LogP) is 4.24. The van der Waals surface area contributed by atoms with E-state index in [-0.39, 0.29) is 11.3 Å². The molecular formula is C17H16BrNO3S. The van der Waals surface area contributed by atoms with Crippen LogP contribution in [-0.2, 0) is 4.79 Å². The Balaban J connectivity index is 2.06. The van der Waals surface area contributed by atoms with E-state index in [0.717, 1.165) is 15.7 Å². The van der Waals surface area contributed by atoms with Crippen LogP contribution in [0.5, 0.6) is 11.5 Å². The fourth-order valence-electron chi connectivity index (χ4n) is 2.57. The molecule has 0 radical (unpaired) electrons. The zero-order valence-electron chi connectivity index (χ0n) is 12.8. The smallest absolute Gasteiger partial charge is 0.238 e. The molecule has 6 heteroatoms. The lowest BCUT2D eigenvalue weighted by Gasteiger charge is -2.26. The Kier molecular flexibility index (Phi) is 4.82. The first-order chi connectivity index (χ1) is 11.2. The van der Waals surface area contributed by atoms with E-state index in [1.807, 2.05) is 36.4 Å². The Morgan fingerprint density at radius 3 is 2.65 bits per heavy atom. The van der Waals surface area contributed by atoms with Gasteiger partial charge in [-0.25, -0.2) is 0 Å². The lowest BCUT2D eigenvalue weighted by molar-refractivity contribution is -0.115. The van der Waals surface area contributed by atoms with Crippen LogP contribution in [0.1, 0.15) is 10.9 Å². The van der Waals surface area contributed by atoms with E-state index in [4.69, 9.17) is 9.47 Å². The van der Waals surface area contributed by atoms with Crippen LogP contribution in [0.4, 0.5) is 5.69 Å². The molecule has 4 nitrogen and oxygen atoms in total. The van der Waals surface area contributed by atoms with E-state index in [1.165, 1.54) is 0 Å². The number of carbonyl (C=O) groups excluding carboxylic acids is 1. The summed E-state index contributed by atoms with van der Waals surface area (Å²) in [6, 6.07) is 13.5. The molecule has 1 atom stereocenters. The number of nitrogens with zero attached hydrogens (tertiary/aromatic N) is 1. The summed E-state index contributed by atoms with van der Waals surface area (Å²) in [7, 11) is 3.20. The van der Waals surface area contributed by atoms with Gasteiger partial charge in [0.15, 0.2) is 0 Å². The number of ether oxygens (including phenoxy) is 2. The highest BCUT2D eigenvalue weighted by atomic mass is 79.9. The zero-order chi connectivity index (χ0) is 16.4. The molecule has 23 heavy (non-hydrogen) atoms. The van der Waals surface area contributed by atoms with Gasteiger partial charge in [0.2, 0.25) is 5.91 Å². The Bertz CT molecular complexity index is 738. The second-order valence-electron chi connectivity index (χ2n) is 4.99. The van der Waals surface area contributed by atoms with Crippen molar-refractivity contribution in [3.05, 3.63) is 52.5 Å². The third kappa shape index (κ3) is 3.05. The molecule has 0 bridgehead atoms. The number of carbonyl (C=O) groups is 1. The fourth-order valence-corrected chi connectivity index (χ4v) is 4.43. The monoisotopic (exact) mass is 393 g/mol. The highest BCUT2D eigenvalue weighted by Crippen LogP contribution is 2.47. The molecule has 2 aromatic carbocycles. The van der Waals surface area contributed by atoms with Crippen molar-refractivity contribution >= 4 is 39.3 Å². The zero-order valence-corrected chi connectivity index (χ0v) is 15.2. The number of anilines is 1. The standard InChI is InChI=1S/C17H16BrNO3S/c1-21-11-7-8-14(15(9-11)22-2)19-16(20)10-23-17(19)12-5-3-4-6-13(12)18/h3-9,17H,10H2,1-2H3/t17-/m0/s1. The molecule has 3 rings (SSSR count). The summed E-state index contributed by atoms with van der Waals surface area (Å²) in [4.78, 5) is 14.3. The third-order valence-electron chi connectivity index (χ3n) is 3.69. The predicted molar refractivity (Wildman–Crippen MR) is 96.4 cm³/mol. The lowest BCUT2D eigenvalue weighted by atomic mass is 10.1. The number of thioether (sulfide) groups is 1. The first-order valence-corrected chi connectivity index (χ1v) is 8.90. The number of benzene rings is 2. The Hall–Kier alpha value is -1.66. The molecule has 0 unspecified atom stereocenters. The fraction of sp³-hybridized carbons (Fsp3) is 0.235. The van der Waals surface area contributed by atoms with Gasteiger partial charge in [0, 0.05) is 10.5 Å². The van der Waals surface area contributed by atoms with E-state index < -0.39 is 0 Å². The molecule has 0 spiro atoms. The van der Waals surface area contributed by atoms with E-state index >= 15 is 0 Å². The highest BCUT2D eigenvalue weighted by molar-refractivity contribution is 9.10. The third-order valence-corrected chi connectivity index (χ3v) is 5.60. The van der Waals surface area contributed by atoms with Crippen LogP contribution in [0.2, 0.25) is 0 Å². The van der Waals surface area contributed by atoms with Crippen molar-refractivity contribution in [2.75, 3.05) is 24.9 Å². The second kappa shape index (κ2) is 6.84. The van der Waals surface area contributed by atoms with Gasteiger partial charge < -0.3 is 9.47 Å². The van der Waals surface area contributed by atoms with Gasteiger partial charge in [0.05, 0.1) is 25.7 Å². The maximum Gasteiger partial charge on any atom is 0.238 e. The van der Waals surface area contributed by atoms with Crippen molar-refractivity contribution in [2.24, 2.45) is 0 Å². The maximum absolute atomic E-state index is 12.5. The first kappa shape index (κ1) is 16.2. The van der Waals surface area contributed by atoms with Crippen LogP contribution < -0.4 is 14.4 Å². The van der Waals surface area contributed by atoms with Crippen LogP contribution >= 0.6 is 27.7 Å². The van der Waals surface area contributed by atoms with Gasteiger partial charge in [-0.3, -0.25) is 9.69 Å². The molecule has 0 N–H and O–H groups in total. The Morgan fingerprint density at radius 1 is 1.17 bits per heavy atom. The van der Waals surface area contributed by atoms with Crippen molar-refractivity contribution in [3.63, 3.8) is 0 Å². The van der Waals surface area contributed by atoms with Gasteiger partial charge >= 0.3 is 0 Å². The van der Waals surface area contributed by atoms with Crippen molar-refractivity contribution < 1.29 is 14.3 Å². The summed E-state index contributed by atoms with van der Waals surface area (Å²) in [5, 5.41) is -0.0830. The number of methoxy groups -OCH3 is 2. The highest BCUT2D eigenvalue weighted by Gasteiger charge is 2.36. The number of rotatable bonds is 4. The molecule has 0 aromatic heterocycles. The maximum atomic E-state index is 12.5. The topological polar surface area (TPSA) is 38.8 Å². The van der Waals surface area contributed by atoms with Crippen LogP contribution in [-0.4, -0.2) is 25.9 Å². The van der Waals surface area contributed by atoms with Gasteiger partial charge in [-0.15, -0.1) is 11.8 Å². The Labute approximate surface area is 147 Å². The summed E-state index contributed by atoms with van der Waals surface area (Å²) in [6.45, 7) is 0. The molecule has 0 saturated carbocycles. The van der Waals surface area contributed by atoms with E-state index in [0.29, 0.717) is 17.3 Å². The number of hydrogen-bond acceptors (Lipinski definition) is 4. The Morgan fingerprint density at radius 2 is 1.96 bits per heavy atom. The van der Waals surface area contributed by atoms with Crippen LogP contribution in [0.3, 0.4) is 0 Å². The molecule has 1 fully saturated rings. The second-order valence-corrected chi connectivity index (χ2v) is 6.91. The van der Waals surface area contributed by atoms with Crippen molar-refractivity contribution in [1.82, 2.24) is 0 Å². The average Bonchev–Trinajstić information content (AvgIpc) is 2.96. The van der Waals surface area contributed by atoms with E-state index in [2.05, 4.69) is 15.9 Å². The van der Waals surface area contributed by atoms with Gasteiger partial charge in [-0.1, -0.05) is 34.1 Å².